The molecule has 1 aromatic rings. The van der Waals surface area contributed by atoms with Gasteiger partial charge in [-0.1, -0.05) is 48.4 Å². The number of rotatable bonds is 5. The molecule has 162 valence electrons. The minimum Gasteiger partial charge on any atom is -0.464 e. The number of nitrogens with zero attached hydrogens (tertiary/aromatic N) is 1. The Morgan fingerprint density at radius 3 is 2.77 bits per heavy atom. The average Bonchev–Trinajstić information content (AvgIpc) is 3.30. The Morgan fingerprint density at radius 2 is 1.97 bits per heavy atom. The molecule has 1 aliphatic carbocycles. The van der Waals surface area contributed by atoms with E-state index in [4.69, 9.17) is 23.9 Å². The molecule has 4 unspecified atom stereocenters. The highest BCUT2D eigenvalue weighted by Crippen LogP contribution is 2.44. The molecular formula is C22H27NO7. The van der Waals surface area contributed by atoms with Crippen molar-refractivity contribution in [3.05, 3.63) is 35.9 Å². The maximum atomic E-state index is 12.4. The van der Waals surface area contributed by atoms with Gasteiger partial charge in [-0.3, -0.25) is 9.63 Å². The standard InChI is InChI=1S/C22H27NO7/c1-2-26-22(25)20-18-19-16(28-21(18)24)12-17(29-23(19)30-20)27-15-11-7-6-10-14(15)13-8-4-3-5-9-13/h3-5,8-9,14-20H,2,6-7,10-12H2,1H3/t14?,15?,16-,17-,18?,19?,20-/m1/s1. The lowest BCUT2D eigenvalue weighted by Gasteiger charge is -2.39. The van der Waals surface area contributed by atoms with Crippen LogP contribution in [0.5, 0.6) is 0 Å². The first-order valence-corrected chi connectivity index (χ1v) is 10.9. The second kappa shape index (κ2) is 8.26. The Hall–Kier alpha value is -2.00. The molecule has 3 aliphatic heterocycles. The maximum Gasteiger partial charge on any atom is 0.338 e. The molecule has 1 saturated carbocycles. The van der Waals surface area contributed by atoms with Gasteiger partial charge in [-0.15, -0.1) is 0 Å². The fraction of sp³-hybridized carbons (Fsp3) is 0.636. The second-order valence-corrected chi connectivity index (χ2v) is 8.30. The van der Waals surface area contributed by atoms with Gasteiger partial charge in [0, 0.05) is 12.3 Å². The molecule has 4 fully saturated rings. The van der Waals surface area contributed by atoms with Crippen LogP contribution < -0.4 is 0 Å². The molecular weight excluding hydrogens is 390 g/mol. The minimum atomic E-state index is -1.04. The van der Waals surface area contributed by atoms with E-state index in [2.05, 4.69) is 24.3 Å². The summed E-state index contributed by atoms with van der Waals surface area (Å²) < 4.78 is 17.0. The van der Waals surface area contributed by atoms with Gasteiger partial charge in [0.25, 0.3) is 0 Å². The number of esters is 2. The van der Waals surface area contributed by atoms with Crippen molar-refractivity contribution in [1.29, 1.82) is 0 Å². The topological polar surface area (TPSA) is 83.5 Å². The fourth-order valence-corrected chi connectivity index (χ4v) is 5.15. The average molecular weight is 417 g/mol. The summed E-state index contributed by atoms with van der Waals surface area (Å²) in [6, 6.07) is 9.94. The largest absolute Gasteiger partial charge is 0.464 e. The normalized spacial score (nSPS) is 38.2. The van der Waals surface area contributed by atoms with Crippen LogP contribution >= 0.6 is 0 Å². The molecule has 0 amide bonds. The number of benzene rings is 1. The van der Waals surface area contributed by atoms with Crippen molar-refractivity contribution in [3.63, 3.8) is 0 Å². The molecule has 8 nitrogen and oxygen atoms in total. The van der Waals surface area contributed by atoms with Gasteiger partial charge in [0.2, 0.25) is 0 Å². The molecule has 0 aromatic heterocycles. The Labute approximate surface area is 175 Å². The zero-order valence-corrected chi connectivity index (χ0v) is 17.0. The molecule has 0 spiro atoms. The van der Waals surface area contributed by atoms with Crippen LogP contribution in [0, 0.1) is 5.92 Å². The number of carbonyl (C=O) groups excluding carboxylic acids is 2. The lowest BCUT2D eigenvalue weighted by Crippen LogP contribution is -2.49. The lowest BCUT2D eigenvalue weighted by molar-refractivity contribution is -0.446. The third kappa shape index (κ3) is 3.51. The van der Waals surface area contributed by atoms with Gasteiger partial charge in [-0.2, -0.15) is 0 Å². The predicted octanol–water partition coefficient (Wildman–Crippen LogP) is 2.48. The van der Waals surface area contributed by atoms with Gasteiger partial charge in [0.05, 0.1) is 12.7 Å². The molecule has 3 heterocycles. The molecule has 30 heavy (non-hydrogen) atoms. The number of hydrogen-bond acceptors (Lipinski definition) is 8. The van der Waals surface area contributed by atoms with E-state index in [9.17, 15) is 9.59 Å². The first-order chi connectivity index (χ1) is 14.7. The first-order valence-electron chi connectivity index (χ1n) is 10.9. The summed E-state index contributed by atoms with van der Waals surface area (Å²) in [6.07, 6.45) is 2.64. The molecule has 0 N–H and O–H groups in total. The van der Waals surface area contributed by atoms with Crippen LogP contribution in [-0.4, -0.2) is 54.4 Å². The molecule has 0 bridgehead atoms. The van der Waals surface area contributed by atoms with Gasteiger partial charge in [0.1, 0.15) is 18.1 Å². The molecule has 7 atom stereocenters. The van der Waals surface area contributed by atoms with Gasteiger partial charge in [0.15, 0.2) is 12.4 Å². The number of hydroxylamine groups is 2. The third-order valence-electron chi connectivity index (χ3n) is 6.50. The molecule has 5 rings (SSSR count). The van der Waals surface area contributed by atoms with Crippen molar-refractivity contribution in [2.45, 2.75) is 75.6 Å². The van der Waals surface area contributed by atoms with E-state index in [1.165, 1.54) is 17.2 Å². The number of ether oxygens (including phenoxy) is 3. The highest BCUT2D eigenvalue weighted by molar-refractivity contribution is 5.86. The van der Waals surface area contributed by atoms with Crippen LogP contribution in [0.3, 0.4) is 0 Å². The smallest absolute Gasteiger partial charge is 0.338 e. The highest BCUT2D eigenvalue weighted by atomic mass is 17.0. The monoisotopic (exact) mass is 417 g/mol. The zero-order chi connectivity index (χ0) is 20.7. The Bertz CT molecular complexity index is 787. The van der Waals surface area contributed by atoms with E-state index < -0.39 is 42.4 Å². The van der Waals surface area contributed by atoms with Gasteiger partial charge >= 0.3 is 11.9 Å². The predicted molar refractivity (Wildman–Crippen MR) is 103 cm³/mol. The van der Waals surface area contributed by atoms with Crippen molar-refractivity contribution in [2.75, 3.05) is 6.61 Å². The van der Waals surface area contributed by atoms with E-state index in [0.29, 0.717) is 12.3 Å². The Balaban J connectivity index is 1.30. The van der Waals surface area contributed by atoms with Crippen LogP contribution in [0.1, 0.15) is 50.5 Å². The summed E-state index contributed by atoms with van der Waals surface area (Å²) in [5.74, 6) is -1.46. The van der Waals surface area contributed by atoms with Gasteiger partial charge in [-0.25, -0.2) is 9.63 Å². The summed E-state index contributed by atoms with van der Waals surface area (Å²) in [4.78, 5) is 36.3. The molecule has 3 saturated heterocycles. The van der Waals surface area contributed by atoms with Crippen molar-refractivity contribution in [2.24, 2.45) is 5.92 Å². The summed E-state index contributed by atoms with van der Waals surface area (Å²) in [7, 11) is 0. The van der Waals surface area contributed by atoms with E-state index >= 15 is 0 Å². The molecule has 4 aliphatic rings. The van der Waals surface area contributed by atoms with Crippen LogP contribution in [0.4, 0.5) is 0 Å². The van der Waals surface area contributed by atoms with Gasteiger partial charge in [-0.05, 0) is 25.3 Å². The van der Waals surface area contributed by atoms with Crippen molar-refractivity contribution in [3.8, 4) is 0 Å². The van der Waals surface area contributed by atoms with Crippen molar-refractivity contribution < 1.29 is 33.5 Å². The third-order valence-corrected chi connectivity index (χ3v) is 6.50. The fourth-order valence-electron chi connectivity index (χ4n) is 5.15. The van der Waals surface area contributed by atoms with Crippen LogP contribution in [-0.2, 0) is 33.5 Å². The summed E-state index contributed by atoms with van der Waals surface area (Å²) in [6.45, 7) is 1.92. The van der Waals surface area contributed by atoms with Crippen LogP contribution in [0.15, 0.2) is 30.3 Å². The highest BCUT2D eigenvalue weighted by Gasteiger charge is 2.64. The summed E-state index contributed by atoms with van der Waals surface area (Å²) in [5, 5.41) is 1.25. The Morgan fingerprint density at radius 1 is 1.17 bits per heavy atom. The lowest BCUT2D eigenvalue weighted by atomic mass is 9.81. The molecule has 0 radical (unpaired) electrons. The number of carbonyl (C=O) groups is 2. The van der Waals surface area contributed by atoms with E-state index in [-0.39, 0.29) is 12.7 Å². The summed E-state index contributed by atoms with van der Waals surface area (Å²) >= 11 is 0. The zero-order valence-electron chi connectivity index (χ0n) is 17.0. The van der Waals surface area contributed by atoms with Gasteiger partial charge < -0.3 is 14.2 Å². The van der Waals surface area contributed by atoms with Crippen molar-refractivity contribution in [1.82, 2.24) is 5.23 Å². The summed E-state index contributed by atoms with van der Waals surface area (Å²) in [5.41, 5.74) is 1.27. The molecule has 1 aromatic carbocycles. The second-order valence-electron chi connectivity index (χ2n) is 8.30. The Kier molecular flexibility index (Phi) is 5.49. The molecule has 8 heteroatoms. The van der Waals surface area contributed by atoms with Crippen molar-refractivity contribution >= 4 is 11.9 Å². The minimum absolute atomic E-state index is 0.0130. The SMILES string of the molecule is CCOC(=O)[C@@H]1ON2O[C@@H](OC3CCCCC3c3ccccc3)C[C@H]3OC(=O)C1C32. The maximum absolute atomic E-state index is 12.4. The van der Waals surface area contributed by atoms with E-state index in [1.807, 2.05) is 6.07 Å². The van der Waals surface area contributed by atoms with E-state index in [0.717, 1.165) is 19.3 Å². The number of hydrogen-bond donors (Lipinski definition) is 0. The van der Waals surface area contributed by atoms with Crippen LogP contribution in [0.25, 0.3) is 0 Å². The quantitative estimate of drug-likeness (QED) is 0.676. The first kappa shape index (κ1) is 19.9. The van der Waals surface area contributed by atoms with Crippen LogP contribution in [0.2, 0.25) is 0 Å². The van der Waals surface area contributed by atoms with E-state index in [1.54, 1.807) is 6.92 Å².